The molecule has 2 aromatic rings. The van der Waals surface area contributed by atoms with E-state index in [-0.39, 0.29) is 11.0 Å². The molecule has 1 aromatic heterocycles. The molecule has 4 rings (SSSR count). The summed E-state index contributed by atoms with van der Waals surface area (Å²) in [4.78, 5) is 18.4. The molecule has 0 saturated heterocycles. The molecular formula is C20H22N2OS. The first-order valence-electron chi connectivity index (χ1n) is 8.59. The Kier molecular flexibility index (Phi) is 3.87. The number of rotatable bonds is 3. The minimum absolute atomic E-state index is 0.0202. The molecule has 1 fully saturated rings. The Hall–Kier alpha value is -1.81. The summed E-state index contributed by atoms with van der Waals surface area (Å²) < 4.78 is 1.80. The fourth-order valence-corrected chi connectivity index (χ4v) is 5.05. The molecule has 1 saturated carbocycles. The topological polar surface area (TPSA) is 34.9 Å². The van der Waals surface area contributed by atoms with E-state index in [1.54, 1.807) is 10.6 Å². The number of hydrogen-bond acceptors (Lipinski definition) is 3. The molecule has 0 atom stereocenters. The van der Waals surface area contributed by atoms with Crippen LogP contribution in [0.15, 0.2) is 46.9 Å². The lowest BCUT2D eigenvalue weighted by molar-refractivity contribution is 0.418. The van der Waals surface area contributed by atoms with Gasteiger partial charge < -0.3 is 0 Å². The predicted octanol–water partition coefficient (Wildman–Crippen LogP) is 4.19. The van der Waals surface area contributed by atoms with E-state index >= 15 is 0 Å². The summed E-state index contributed by atoms with van der Waals surface area (Å²) >= 11 is 1.53. The predicted molar refractivity (Wildman–Crippen MR) is 99.8 cm³/mol. The van der Waals surface area contributed by atoms with Gasteiger partial charge in [0, 0.05) is 17.5 Å². The van der Waals surface area contributed by atoms with Crippen molar-refractivity contribution >= 4 is 11.8 Å². The van der Waals surface area contributed by atoms with Gasteiger partial charge in [0.1, 0.15) is 0 Å². The molecular weight excluding hydrogens is 316 g/mol. The third-order valence-electron chi connectivity index (χ3n) is 5.52. The fourth-order valence-electron chi connectivity index (χ4n) is 4.49. The molecule has 0 radical (unpaired) electrons. The number of nitrogens with zero attached hydrogens (tertiary/aromatic N) is 2. The summed E-state index contributed by atoms with van der Waals surface area (Å²) in [5, 5.41) is 0.781. The molecule has 0 bridgehead atoms. The average molecular weight is 338 g/mol. The monoisotopic (exact) mass is 338 g/mol. The smallest absolute Gasteiger partial charge is 0.258 e. The minimum Gasteiger partial charge on any atom is -0.283 e. The average Bonchev–Trinajstić information content (AvgIpc) is 3.05. The molecule has 0 unspecified atom stereocenters. The number of benzene rings is 1. The Morgan fingerprint density at radius 1 is 1.33 bits per heavy atom. The minimum atomic E-state index is -0.0202. The van der Waals surface area contributed by atoms with E-state index in [1.807, 2.05) is 12.3 Å². The highest BCUT2D eigenvalue weighted by Crippen LogP contribution is 2.49. The SMILES string of the molecule is C=CCn1c(SC)nc2c(c1=O)C1(CCCC1)Cc1ccccc1-2. The highest BCUT2D eigenvalue weighted by molar-refractivity contribution is 7.98. The van der Waals surface area contributed by atoms with Crippen molar-refractivity contribution in [3.05, 3.63) is 58.4 Å². The molecule has 2 aliphatic rings. The molecule has 2 aliphatic carbocycles. The second kappa shape index (κ2) is 5.92. The van der Waals surface area contributed by atoms with Crippen LogP contribution >= 0.6 is 11.8 Å². The summed E-state index contributed by atoms with van der Waals surface area (Å²) in [6.07, 6.45) is 9.33. The number of hydrogen-bond donors (Lipinski definition) is 0. The van der Waals surface area contributed by atoms with Gasteiger partial charge in [-0.15, -0.1) is 6.58 Å². The molecule has 0 aliphatic heterocycles. The van der Waals surface area contributed by atoms with Gasteiger partial charge >= 0.3 is 0 Å². The molecule has 3 nitrogen and oxygen atoms in total. The van der Waals surface area contributed by atoms with E-state index in [4.69, 9.17) is 4.98 Å². The van der Waals surface area contributed by atoms with E-state index < -0.39 is 0 Å². The number of fused-ring (bicyclic) bond motifs is 4. The maximum Gasteiger partial charge on any atom is 0.258 e. The zero-order valence-corrected chi connectivity index (χ0v) is 14.9. The molecule has 4 heteroatoms. The summed E-state index contributed by atoms with van der Waals surface area (Å²) in [5.41, 5.74) is 4.48. The lowest BCUT2D eigenvalue weighted by atomic mass is 9.68. The van der Waals surface area contributed by atoms with Gasteiger partial charge in [0.25, 0.3) is 5.56 Å². The lowest BCUT2D eigenvalue weighted by Crippen LogP contribution is -2.40. The van der Waals surface area contributed by atoms with Crippen molar-refractivity contribution in [2.75, 3.05) is 6.26 Å². The summed E-state index contributed by atoms with van der Waals surface area (Å²) in [6, 6.07) is 8.46. The quantitative estimate of drug-likeness (QED) is 0.478. The van der Waals surface area contributed by atoms with Gasteiger partial charge in [-0.3, -0.25) is 9.36 Å². The maximum atomic E-state index is 13.4. The Bertz CT molecular complexity index is 862. The van der Waals surface area contributed by atoms with Crippen molar-refractivity contribution in [3.63, 3.8) is 0 Å². The highest BCUT2D eigenvalue weighted by Gasteiger charge is 2.44. The van der Waals surface area contributed by atoms with Crippen LogP contribution in [0.2, 0.25) is 0 Å². The zero-order chi connectivity index (χ0) is 16.7. The Labute approximate surface area is 146 Å². The number of allylic oxidation sites excluding steroid dienone is 1. The molecule has 0 amide bonds. The summed E-state index contributed by atoms with van der Waals surface area (Å²) in [6.45, 7) is 4.33. The third kappa shape index (κ3) is 2.20. The van der Waals surface area contributed by atoms with E-state index in [0.717, 1.165) is 41.2 Å². The maximum absolute atomic E-state index is 13.4. The summed E-state index contributed by atoms with van der Waals surface area (Å²) in [7, 11) is 0. The van der Waals surface area contributed by atoms with Gasteiger partial charge in [0.2, 0.25) is 0 Å². The van der Waals surface area contributed by atoms with E-state index in [0.29, 0.717) is 6.54 Å². The van der Waals surface area contributed by atoms with Crippen LogP contribution in [0, 0.1) is 0 Å². The molecule has 124 valence electrons. The fraction of sp³-hybridized carbons (Fsp3) is 0.400. The van der Waals surface area contributed by atoms with E-state index in [1.165, 1.54) is 30.2 Å². The normalized spacial score (nSPS) is 17.5. The van der Waals surface area contributed by atoms with E-state index in [2.05, 4.69) is 24.8 Å². The van der Waals surface area contributed by atoms with Crippen LogP contribution < -0.4 is 5.56 Å². The second-order valence-electron chi connectivity index (χ2n) is 6.85. The van der Waals surface area contributed by atoms with Gasteiger partial charge in [0.05, 0.1) is 11.3 Å². The van der Waals surface area contributed by atoms with Crippen molar-refractivity contribution in [2.45, 2.75) is 49.2 Å². The first-order chi connectivity index (χ1) is 11.7. The Morgan fingerprint density at radius 3 is 2.79 bits per heavy atom. The van der Waals surface area contributed by atoms with Crippen molar-refractivity contribution in [2.24, 2.45) is 0 Å². The van der Waals surface area contributed by atoms with Crippen molar-refractivity contribution in [1.82, 2.24) is 9.55 Å². The standard InChI is InChI=1S/C20H22N2OS/c1-3-12-22-18(23)16-17(21-19(22)24-2)15-9-5-4-8-14(15)13-20(16)10-6-7-11-20/h3-5,8-9H,1,6-7,10-13H2,2H3. The Morgan fingerprint density at radius 2 is 2.08 bits per heavy atom. The molecule has 1 heterocycles. The molecule has 1 aromatic carbocycles. The summed E-state index contributed by atoms with van der Waals surface area (Å²) in [5.74, 6) is 0. The van der Waals surface area contributed by atoms with Gasteiger partial charge in [-0.25, -0.2) is 4.98 Å². The lowest BCUT2D eigenvalue weighted by Gasteiger charge is -2.36. The number of aromatic nitrogens is 2. The highest BCUT2D eigenvalue weighted by atomic mass is 32.2. The van der Waals surface area contributed by atoms with Crippen molar-refractivity contribution in [1.29, 1.82) is 0 Å². The first-order valence-corrected chi connectivity index (χ1v) is 9.81. The number of thioether (sulfide) groups is 1. The van der Waals surface area contributed by atoms with Crippen LogP contribution in [-0.4, -0.2) is 15.8 Å². The van der Waals surface area contributed by atoms with Gasteiger partial charge in [-0.1, -0.05) is 54.9 Å². The van der Waals surface area contributed by atoms with E-state index in [9.17, 15) is 4.79 Å². The largest absolute Gasteiger partial charge is 0.283 e. The van der Waals surface area contributed by atoms with Crippen LogP contribution in [0.1, 0.15) is 36.8 Å². The first kappa shape index (κ1) is 15.7. The van der Waals surface area contributed by atoms with Crippen molar-refractivity contribution < 1.29 is 0 Å². The van der Waals surface area contributed by atoms with Gasteiger partial charge in [-0.05, 0) is 31.1 Å². The van der Waals surface area contributed by atoms with Crippen molar-refractivity contribution in [3.8, 4) is 11.3 Å². The van der Waals surface area contributed by atoms with Crippen LogP contribution in [-0.2, 0) is 18.4 Å². The van der Waals surface area contributed by atoms with Crippen LogP contribution in [0.4, 0.5) is 0 Å². The van der Waals surface area contributed by atoms with Gasteiger partial charge in [-0.2, -0.15) is 0 Å². The van der Waals surface area contributed by atoms with Gasteiger partial charge in [0.15, 0.2) is 5.16 Å². The Balaban J connectivity index is 2.07. The van der Waals surface area contributed by atoms with Crippen LogP contribution in [0.5, 0.6) is 0 Å². The molecule has 0 N–H and O–H groups in total. The van der Waals surface area contributed by atoms with Crippen LogP contribution in [0.3, 0.4) is 0 Å². The van der Waals surface area contributed by atoms with Crippen LogP contribution in [0.25, 0.3) is 11.3 Å². The second-order valence-corrected chi connectivity index (χ2v) is 7.62. The zero-order valence-electron chi connectivity index (χ0n) is 14.0. The molecule has 24 heavy (non-hydrogen) atoms. The third-order valence-corrected chi connectivity index (χ3v) is 6.20. The molecule has 1 spiro atoms.